The van der Waals surface area contributed by atoms with E-state index >= 15 is 0 Å². The molecule has 1 aromatic rings. The Bertz CT molecular complexity index is 360. The highest BCUT2D eigenvalue weighted by molar-refractivity contribution is 9.10. The average molecular weight is 274 g/mol. The standard InChI is InChI=1S/C10H10BrClN2/c1-14(5-4-13)7-8-6-9(11)2-3-10(8)12/h2-3,6H,5,7H2,1H3. The van der Waals surface area contributed by atoms with Gasteiger partial charge in [-0.3, -0.25) is 4.90 Å². The maximum absolute atomic E-state index is 8.50. The van der Waals surface area contributed by atoms with E-state index in [1.807, 2.05) is 30.1 Å². The van der Waals surface area contributed by atoms with E-state index in [1.54, 1.807) is 0 Å². The van der Waals surface area contributed by atoms with Gasteiger partial charge in [0.1, 0.15) is 0 Å². The number of benzene rings is 1. The van der Waals surface area contributed by atoms with Gasteiger partial charge in [0.15, 0.2) is 0 Å². The highest BCUT2D eigenvalue weighted by Crippen LogP contribution is 2.21. The second-order valence-corrected chi connectivity index (χ2v) is 4.39. The summed E-state index contributed by atoms with van der Waals surface area (Å²) in [6.45, 7) is 1.09. The van der Waals surface area contributed by atoms with Crippen LogP contribution in [0.2, 0.25) is 5.02 Å². The molecule has 1 aromatic carbocycles. The Morgan fingerprint density at radius 3 is 2.93 bits per heavy atom. The number of rotatable bonds is 3. The molecule has 0 saturated heterocycles. The Kier molecular flexibility index (Phi) is 4.40. The number of nitrogens with zero attached hydrogens (tertiary/aromatic N) is 2. The third kappa shape index (κ3) is 3.30. The molecular weight excluding hydrogens is 263 g/mol. The summed E-state index contributed by atoms with van der Waals surface area (Å²) in [6, 6.07) is 7.81. The molecule has 0 bridgehead atoms. The van der Waals surface area contributed by atoms with Crippen molar-refractivity contribution in [3.05, 3.63) is 33.3 Å². The Morgan fingerprint density at radius 2 is 2.29 bits per heavy atom. The molecule has 0 N–H and O–H groups in total. The molecule has 0 aliphatic rings. The van der Waals surface area contributed by atoms with Gasteiger partial charge in [-0.25, -0.2) is 0 Å². The molecule has 0 radical (unpaired) electrons. The van der Waals surface area contributed by atoms with Crippen LogP contribution in [0.15, 0.2) is 22.7 Å². The molecular formula is C10H10BrClN2. The molecule has 1 rings (SSSR count). The summed E-state index contributed by atoms with van der Waals surface area (Å²) in [5.41, 5.74) is 1.03. The normalized spacial score (nSPS) is 10.2. The Hall–Kier alpha value is -0.560. The second-order valence-electron chi connectivity index (χ2n) is 3.07. The molecule has 14 heavy (non-hydrogen) atoms. The smallest absolute Gasteiger partial charge is 0.0866 e. The summed E-state index contributed by atoms with van der Waals surface area (Å²) >= 11 is 9.39. The number of hydrogen-bond donors (Lipinski definition) is 0. The highest BCUT2D eigenvalue weighted by atomic mass is 79.9. The van der Waals surface area contributed by atoms with Crippen LogP contribution in [0.5, 0.6) is 0 Å². The van der Waals surface area contributed by atoms with Crippen LogP contribution in [0.3, 0.4) is 0 Å². The molecule has 0 atom stereocenters. The van der Waals surface area contributed by atoms with Gasteiger partial charge in [-0.05, 0) is 30.8 Å². The number of halogens is 2. The van der Waals surface area contributed by atoms with Crippen LogP contribution in [0, 0.1) is 11.3 Å². The topological polar surface area (TPSA) is 27.0 Å². The fourth-order valence-electron chi connectivity index (χ4n) is 1.13. The summed E-state index contributed by atoms with van der Waals surface area (Å²) < 4.78 is 1.00. The van der Waals surface area contributed by atoms with Crippen molar-refractivity contribution < 1.29 is 0 Å². The van der Waals surface area contributed by atoms with Crippen molar-refractivity contribution in [2.75, 3.05) is 13.6 Å². The van der Waals surface area contributed by atoms with E-state index in [1.165, 1.54) is 0 Å². The maximum Gasteiger partial charge on any atom is 0.0866 e. The molecule has 0 amide bonds. The van der Waals surface area contributed by atoms with Gasteiger partial charge in [0.2, 0.25) is 0 Å². The summed E-state index contributed by atoms with van der Waals surface area (Å²) in [7, 11) is 1.89. The average Bonchev–Trinajstić information content (AvgIpc) is 2.12. The zero-order valence-electron chi connectivity index (χ0n) is 7.80. The van der Waals surface area contributed by atoms with E-state index in [2.05, 4.69) is 22.0 Å². The van der Waals surface area contributed by atoms with E-state index in [4.69, 9.17) is 16.9 Å². The van der Waals surface area contributed by atoms with E-state index < -0.39 is 0 Å². The SMILES string of the molecule is CN(CC#N)Cc1cc(Br)ccc1Cl. The lowest BCUT2D eigenvalue weighted by atomic mass is 10.2. The summed E-state index contributed by atoms with van der Waals surface area (Å²) in [6.07, 6.45) is 0. The van der Waals surface area contributed by atoms with E-state index in [0.717, 1.165) is 15.1 Å². The first-order chi connectivity index (χ1) is 6.63. The van der Waals surface area contributed by atoms with Crippen LogP contribution in [0.25, 0.3) is 0 Å². The summed E-state index contributed by atoms with van der Waals surface area (Å²) in [4.78, 5) is 1.91. The van der Waals surface area contributed by atoms with Gasteiger partial charge in [0.05, 0.1) is 12.6 Å². The Labute approximate surface area is 97.2 Å². The van der Waals surface area contributed by atoms with E-state index in [0.29, 0.717) is 13.1 Å². The van der Waals surface area contributed by atoms with Crippen molar-refractivity contribution in [1.82, 2.24) is 4.90 Å². The molecule has 0 aromatic heterocycles. The summed E-state index contributed by atoms with van der Waals surface area (Å²) in [5.74, 6) is 0. The van der Waals surface area contributed by atoms with E-state index in [-0.39, 0.29) is 0 Å². The molecule has 0 aliphatic heterocycles. The molecule has 74 valence electrons. The number of hydrogen-bond acceptors (Lipinski definition) is 2. The highest BCUT2D eigenvalue weighted by Gasteiger charge is 2.04. The van der Waals surface area contributed by atoms with Crippen LogP contribution >= 0.6 is 27.5 Å². The van der Waals surface area contributed by atoms with Crippen LogP contribution in [-0.4, -0.2) is 18.5 Å². The molecule has 0 unspecified atom stereocenters. The molecule has 0 heterocycles. The van der Waals surface area contributed by atoms with Gasteiger partial charge in [0, 0.05) is 16.0 Å². The minimum absolute atomic E-state index is 0.406. The largest absolute Gasteiger partial charge is 0.289 e. The van der Waals surface area contributed by atoms with Crippen molar-refractivity contribution in [2.24, 2.45) is 0 Å². The zero-order chi connectivity index (χ0) is 10.6. The van der Waals surface area contributed by atoms with Crippen molar-refractivity contribution in [2.45, 2.75) is 6.54 Å². The van der Waals surface area contributed by atoms with Gasteiger partial charge >= 0.3 is 0 Å². The molecule has 0 aliphatic carbocycles. The lowest BCUT2D eigenvalue weighted by molar-refractivity contribution is 0.367. The molecule has 0 fully saturated rings. The first kappa shape index (κ1) is 11.5. The monoisotopic (exact) mass is 272 g/mol. The Balaban J connectivity index is 2.76. The van der Waals surface area contributed by atoms with Gasteiger partial charge in [-0.1, -0.05) is 27.5 Å². The van der Waals surface area contributed by atoms with Crippen LogP contribution < -0.4 is 0 Å². The van der Waals surface area contributed by atoms with Gasteiger partial charge in [-0.15, -0.1) is 0 Å². The predicted molar refractivity (Wildman–Crippen MR) is 61.1 cm³/mol. The van der Waals surface area contributed by atoms with Crippen LogP contribution in [0.4, 0.5) is 0 Å². The Morgan fingerprint density at radius 1 is 1.57 bits per heavy atom. The van der Waals surface area contributed by atoms with Crippen molar-refractivity contribution in [3.8, 4) is 6.07 Å². The minimum atomic E-state index is 0.406. The fraction of sp³-hybridized carbons (Fsp3) is 0.300. The fourth-order valence-corrected chi connectivity index (χ4v) is 1.72. The van der Waals surface area contributed by atoms with Crippen molar-refractivity contribution in [3.63, 3.8) is 0 Å². The van der Waals surface area contributed by atoms with Crippen molar-refractivity contribution >= 4 is 27.5 Å². The first-order valence-corrected chi connectivity index (χ1v) is 5.30. The molecule has 0 spiro atoms. The van der Waals surface area contributed by atoms with Crippen LogP contribution in [0.1, 0.15) is 5.56 Å². The lowest BCUT2D eigenvalue weighted by Gasteiger charge is -2.13. The second kappa shape index (κ2) is 5.35. The first-order valence-electron chi connectivity index (χ1n) is 4.13. The van der Waals surface area contributed by atoms with Gasteiger partial charge in [0.25, 0.3) is 0 Å². The maximum atomic E-state index is 8.50. The van der Waals surface area contributed by atoms with E-state index in [9.17, 15) is 0 Å². The molecule has 4 heteroatoms. The third-order valence-corrected chi connectivity index (χ3v) is 2.65. The van der Waals surface area contributed by atoms with Gasteiger partial charge < -0.3 is 0 Å². The molecule has 0 saturated carbocycles. The van der Waals surface area contributed by atoms with Crippen molar-refractivity contribution in [1.29, 1.82) is 5.26 Å². The van der Waals surface area contributed by atoms with Gasteiger partial charge in [-0.2, -0.15) is 5.26 Å². The van der Waals surface area contributed by atoms with Crippen LogP contribution in [-0.2, 0) is 6.54 Å². The summed E-state index contributed by atoms with van der Waals surface area (Å²) in [5, 5.41) is 9.24. The zero-order valence-corrected chi connectivity index (χ0v) is 10.1. The predicted octanol–water partition coefficient (Wildman–Crippen LogP) is 3.06. The quantitative estimate of drug-likeness (QED) is 0.792. The minimum Gasteiger partial charge on any atom is -0.289 e. The third-order valence-electron chi connectivity index (χ3n) is 1.79. The lowest BCUT2D eigenvalue weighted by Crippen LogP contribution is -2.17. The number of nitriles is 1. The molecule has 2 nitrogen and oxygen atoms in total.